The molecule has 1 saturated heterocycles. The number of halogens is 3. The van der Waals surface area contributed by atoms with Crippen molar-refractivity contribution in [1.29, 1.82) is 5.26 Å². The Hall–Kier alpha value is -3.63. The SMILES string of the molecule is CCn1c(=O)/c(=C\Nc2cccc(N(C)C(=O)CN3CCC(C)CC3)c2)s/c1=C(/C#N)C(=O)NCC(F)(F)F. The summed E-state index contributed by atoms with van der Waals surface area (Å²) in [5, 5.41) is 14.1. The molecule has 0 bridgehead atoms. The second-order valence-corrected chi connectivity index (χ2v) is 10.4. The van der Waals surface area contributed by atoms with Crippen LogP contribution in [0.5, 0.6) is 0 Å². The molecule has 13 heteroatoms. The molecule has 2 N–H and O–H groups in total. The summed E-state index contributed by atoms with van der Waals surface area (Å²) in [5.41, 5.74) is 0.167. The molecule has 1 aromatic heterocycles. The van der Waals surface area contributed by atoms with Gasteiger partial charge >= 0.3 is 6.18 Å². The highest BCUT2D eigenvalue weighted by Crippen LogP contribution is 2.20. The lowest BCUT2D eigenvalue weighted by atomic mass is 9.99. The van der Waals surface area contributed by atoms with Gasteiger partial charge in [0, 0.05) is 31.2 Å². The number of carbonyl (C=O) groups is 2. The quantitative estimate of drug-likeness (QED) is 0.506. The van der Waals surface area contributed by atoms with E-state index in [2.05, 4.69) is 17.1 Å². The number of carbonyl (C=O) groups excluding carboxylic acids is 2. The molecule has 2 amide bonds. The Morgan fingerprint density at radius 3 is 2.59 bits per heavy atom. The predicted octanol–water partition coefficient (Wildman–Crippen LogP) is 1.83. The topological polar surface area (TPSA) is 110 Å². The molecule has 0 unspecified atom stereocenters. The molecule has 0 aliphatic carbocycles. The van der Waals surface area contributed by atoms with Crippen LogP contribution in [0.3, 0.4) is 0 Å². The van der Waals surface area contributed by atoms with Gasteiger partial charge in [0.1, 0.15) is 21.8 Å². The maximum Gasteiger partial charge on any atom is 0.405 e. The monoisotopic (exact) mass is 564 g/mol. The Morgan fingerprint density at radius 1 is 1.28 bits per heavy atom. The van der Waals surface area contributed by atoms with Gasteiger partial charge in [0.25, 0.3) is 11.5 Å². The minimum absolute atomic E-state index is 0.0380. The number of aromatic nitrogens is 1. The largest absolute Gasteiger partial charge is 0.405 e. The summed E-state index contributed by atoms with van der Waals surface area (Å²) < 4.78 is 38.8. The molecule has 3 rings (SSSR count). The van der Waals surface area contributed by atoms with E-state index in [1.807, 2.05) is 0 Å². The first-order chi connectivity index (χ1) is 18.4. The van der Waals surface area contributed by atoms with Gasteiger partial charge in [-0.15, -0.1) is 11.3 Å². The van der Waals surface area contributed by atoms with E-state index >= 15 is 0 Å². The van der Waals surface area contributed by atoms with Gasteiger partial charge in [0.05, 0.1) is 6.54 Å². The standard InChI is InChI=1S/C26H31F3N6O3S/c1-4-35-24(38)21(39-25(35)20(13-30)23(37)32-16-26(27,28)29)14-31-18-6-5-7-19(12-18)33(3)22(36)15-34-10-8-17(2)9-11-34/h5-7,12,14,17,31H,4,8-11,15-16H2,1-3H3,(H,32,37)/b21-14+,25-20-. The Labute approximate surface area is 227 Å². The Morgan fingerprint density at radius 2 is 1.97 bits per heavy atom. The predicted molar refractivity (Wildman–Crippen MR) is 144 cm³/mol. The number of nitrogens with one attached hydrogen (secondary N) is 2. The summed E-state index contributed by atoms with van der Waals surface area (Å²) in [4.78, 5) is 41.7. The van der Waals surface area contributed by atoms with E-state index in [1.54, 1.807) is 54.5 Å². The van der Waals surface area contributed by atoms with Crippen molar-refractivity contribution in [3.05, 3.63) is 43.8 Å². The maximum absolute atomic E-state index is 12.9. The van der Waals surface area contributed by atoms with Gasteiger partial charge in [0.15, 0.2) is 5.57 Å². The number of likely N-dealkylation sites (N-methyl/N-ethyl adjacent to an activating group) is 1. The molecule has 1 aromatic carbocycles. The zero-order chi connectivity index (χ0) is 28.7. The average Bonchev–Trinajstić information content (AvgIpc) is 3.21. The molecule has 210 valence electrons. The van der Waals surface area contributed by atoms with Crippen molar-refractivity contribution < 1.29 is 22.8 Å². The van der Waals surface area contributed by atoms with Crippen molar-refractivity contribution in [1.82, 2.24) is 14.8 Å². The number of anilines is 2. The van der Waals surface area contributed by atoms with Gasteiger partial charge < -0.3 is 15.5 Å². The summed E-state index contributed by atoms with van der Waals surface area (Å²) in [6.07, 6.45) is -1.09. The summed E-state index contributed by atoms with van der Waals surface area (Å²) >= 11 is 0.820. The molecule has 0 radical (unpaired) electrons. The number of hydrogen-bond acceptors (Lipinski definition) is 7. The van der Waals surface area contributed by atoms with Gasteiger partial charge in [-0.25, -0.2) is 0 Å². The van der Waals surface area contributed by atoms with Crippen molar-refractivity contribution in [2.75, 3.05) is 43.4 Å². The van der Waals surface area contributed by atoms with E-state index in [-0.39, 0.29) is 21.6 Å². The number of alkyl halides is 3. The van der Waals surface area contributed by atoms with Gasteiger partial charge in [-0.05, 0) is 57.0 Å². The number of rotatable bonds is 8. The zero-order valence-corrected chi connectivity index (χ0v) is 22.8. The van der Waals surface area contributed by atoms with E-state index < -0.39 is 29.8 Å². The Balaban J connectivity index is 1.82. The third-order valence-corrected chi connectivity index (χ3v) is 7.57. The number of thiazole rings is 1. The lowest BCUT2D eigenvalue weighted by Gasteiger charge is -2.31. The first-order valence-electron chi connectivity index (χ1n) is 12.5. The van der Waals surface area contributed by atoms with Crippen LogP contribution >= 0.6 is 11.3 Å². The van der Waals surface area contributed by atoms with Crippen LogP contribution in [0, 0.1) is 17.2 Å². The molecule has 0 saturated carbocycles. The number of likely N-dealkylation sites (tertiary alicyclic amines) is 1. The number of benzene rings is 1. The van der Waals surface area contributed by atoms with Crippen LogP contribution in [-0.4, -0.2) is 60.7 Å². The lowest BCUT2D eigenvalue weighted by Crippen LogP contribution is -2.42. The fourth-order valence-corrected chi connectivity index (χ4v) is 5.16. The summed E-state index contributed by atoms with van der Waals surface area (Å²) in [6.45, 7) is 4.46. The van der Waals surface area contributed by atoms with E-state index in [4.69, 9.17) is 0 Å². The third kappa shape index (κ3) is 7.93. The average molecular weight is 565 g/mol. The van der Waals surface area contributed by atoms with Gasteiger partial charge in [-0.3, -0.25) is 23.9 Å². The fraction of sp³-hybridized carbons (Fsp3) is 0.462. The van der Waals surface area contributed by atoms with Crippen LogP contribution in [0.15, 0.2) is 29.1 Å². The Kier molecular flexibility index (Phi) is 9.93. The molecule has 1 fully saturated rings. The summed E-state index contributed by atoms with van der Waals surface area (Å²) in [5.74, 6) is -0.579. The number of nitrogens with zero attached hydrogens (tertiary/aromatic N) is 4. The molecular weight excluding hydrogens is 533 g/mol. The van der Waals surface area contributed by atoms with E-state index in [9.17, 15) is 32.8 Å². The highest BCUT2D eigenvalue weighted by atomic mass is 32.1. The molecule has 0 spiro atoms. The summed E-state index contributed by atoms with van der Waals surface area (Å²) in [7, 11) is 1.70. The number of amides is 2. The second kappa shape index (κ2) is 12.9. The van der Waals surface area contributed by atoms with Crippen LogP contribution in [0.1, 0.15) is 26.7 Å². The van der Waals surface area contributed by atoms with Crippen molar-refractivity contribution in [3.8, 4) is 6.07 Å². The molecule has 39 heavy (non-hydrogen) atoms. The van der Waals surface area contributed by atoms with Crippen LogP contribution in [0.4, 0.5) is 24.5 Å². The number of piperidine rings is 1. The van der Waals surface area contributed by atoms with E-state index in [0.29, 0.717) is 23.8 Å². The molecular formula is C26H31F3N6O3S. The maximum atomic E-state index is 12.9. The molecule has 0 atom stereocenters. The van der Waals surface area contributed by atoms with Gasteiger partial charge in [0.2, 0.25) is 5.91 Å². The minimum Gasteiger partial charge on any atom is -0.360 e. The van der Waals surface area contributed by atoms with Crippen LogP contribution in [0.2, 0.25) is 0 Å². The van der Waals surface area contributed by atoms with Crippen LogP contribution in [-0.2, 0) is 16.1 Å². The summed E-state index contributed by atoms with van der Waals surface area (Å²) in [6, 6.07) is 8.66. The highest BCUT2D eigenvalue weighted by molar-refractivity contribution is 7.07. The van der Waals surface area contributed by atoms with Crippen molar-refractivity contribution >= 4 is 46.3 Å². The zero-order valence-electron chi connectivity index (χ0n) is 22.0. The molecule has 2 aromatic rings. The molecule has 9 nitrogen and oxygen atoms in total. The third-order valence-electron chi connectivity index (χ3n) is 6.44. The Bertz CT molecular complexity index is 1420. The van der Waals surface area contributed by atoms with Crippen molar-refractivity contribution in [2.24, 2.45) is 5.92 Å². The normalized spacial score (nSPS) is 16.0. The number of nitriles is 1. The van der Waals surface area contributed by atoms with E-state index in [0.717, 1.165) is 41.8 Å². The minimum atomic E-state index is -4.64. The highest BCUT2D eigenvalue weighted by Gasteiger charge is 2.29. The van der Waals surface area contributed by atoms with Gasteiger partial charge in [-0.2, -0.15) is 18.4 Å². The van der Waals surface area contributed by atoms with Crippen molar-refractivity contribution in [2.45, 2.75) is 39.4 Å². The molecule has 1 aliphatic heterocycles. The smallest absolute Gasteiger partial charge is 0.360 e. The first kappa shape index (κ1) is 29.9. The fourth-order valence-electron chi connectivity index (χ4n) is 4.07. The number of hydrogen-bond donors (Lipinski definition) is 2. The van der Waals surface area contributed by atoms with Crippen LogP contribution < -0.4 is 30.3 Å². The molecule has 2 heterocycles. The van der Waals surface area contributed by atoms with E-state index in [1.165, 1.54) is 6.20 Å². The molecule has 1 aliphatic rings. The van der Waals surface area contributed by atoms with Crippen LogP contribution in [0.25, 0.3) is 11.8 Å². The first-order valence-corrected chi connectivity index (χ1v) is 13.3. The lowest BCUT2D eigenvalue weighted by molar-refractivity contribution is -0.135. The van der Waals surface area contributed by atoms with Crippen molar-refractivity contribution in [3.63, 3.8) is 0 Å². The van der Waals surface area contributed by atoms with Gasteiger partial charge in [-0.1, -0.05) is 13.0 Å². The second-order valence-electron chi connectivity index (χ2n) is 9.36.